The van der Waals surface area contributed by atoms with Gasteiger partial charge in [0, 0.05) is 18.2 Å². The van der Waals surface area contributed by atoms with Gasteiger partial charge < -0.3 is 20.4 Å². The van der Waals surface area contributed by atoms with Crippen molar-refractivity contribution in [3.05, 3.63) is 58.0 Å². The number of nitrogens with zero attached hydrogens (tertiary/aromatic N) is 1. The van der Waals surface area contributed by atoms with E-state index in [1.807, 2.05) is 6.08 Å². The van der Waals surface area contributed by atoms with Crippen molar-refractivity contribution in [2.24, 2.45) is 5.41 Å². The third-order valence-electron chi connectivity index (χ3n) is 5.25. The molecule has 0 radical (unpaired) electrons. The van der Waals surface area contributed by atoms with Crippen LogP contribution in [0.5, 0.6) is 0 Å². The molecule has 3 N–H and O–H groups in total. The number of allylic oxidation sites excluding steroid dienone is 4. The van der Waals surface area contributed by atoms with Crippen LogP contribution >= 0.6 is 0 Å². The third-order valence-corrected chi connectivity index (χ3v) is 5.25. The Morgan fingerprint density at radius 3 is 2.76 bits per heavy atom. The van der Waals surface area contributed by atoms with Gasteiger partial charge in [-0.3, -0.25) is 4.79 Å². The Morgan fingerprint density at radius 2 is 2.14 bits per heavy atom. The molecule has 1 fully saturated rings. The van der Waals surface area contributed by atoms with E-state index in [9.17, 15) is 4.79 Å². The summed E-state index contributed by atoms with van der Waals surface area (Å²) in [4.78, 5) is 19.1. The van der Waals surface area contributed by atoms with E-state index in [-0.39, 0.29) is 11.0 Å². The molecule has 1 aliphatic rings. The molecule has 0 atom stereocenters. The van der Waals surface area contributed by atoms with Crippen LogP contribution in [0.25, 0.3) is 0 Å². The second kappa shape index (κ2) is 10.8. The van der Waals surface area contributed by atoms with Gasteiger partial charge in [0.05, 0.1) is 6.61 Å². The summed E-state index contributed by atoms with van der Waals surface area (Å²) in [6.45, 7) is 11.1. The van der Waals surface area contributed by atoms with E-state index in [1.165, 1.54) is 24.8 Å². The molecule has 2 rings (SSSR count). The fraction of sp³-hybridized carbons (Fsp3) is 0.522. The number of H-pyrrole nitrogens is 1. The van der Waals surface area contributed by atoms with Gasteiger partial charge in [-0.1, -0.05) is 38.0 Å². The molecule has 1 saturated carbocycles. The summed E-state index contributed by atoms with van der Waals surface area (Å²) >= 11 is 0. The number of rotatable bonds is 13. The molecule has 1 aromatic rings. The predicted molar refractivity (Wildman–Crippen MR) is 120 cm³/mol. The molecular formula is C23H34N4O2. The van der Waals surface area contributed by atoms with E-state index in [2.05, 4.69) is 41.8 Å². The lowest BCUT2D eigenvalue weighted by molar-refractivity contribution is 0.168. The molecular weight excluding hydrogens is 364 g/mol. The first-order chi connectivity index (χ1) is 13.9. The summed E-state index contributed by atoms with van der Waals surface area (Å²) in [5.41, 5.74) is 1.80. The minimum Gasteiger partial charge on any atom is -0.493 e. The zero-order chi connectivity index (χ0) is 21.3. The van der Waals surface area contributed by atoms with Gasteiger partial charge in [0.1, 0.15) is 23.0 Å². The fourth-order valence-corrected chi connectivity index (χ4v) is 3.08. The number of aromatic amines is 1. The lowest BCUT2D eigenvalue weighted by atomic mass is 10.1. The molecule has 1 heterocycles. The van der Waals surface area contributed by atoms with Crippen LogP contribution in [0.15, 0.2) is 40.9 Å². The monoisotopic (exact) mass is 398 g/mol. The Morgan fingerprint density at radius 1 is 1.38 bits per heavy atom. The van der Waals surface area contributed by atoms with E-state index >= 15 is 0 Å². The zero-order valence-electron chi connectivity index (χ0n) is 17.9. The Balaban J connectivity index is 1.92. The molecule has 1 aliphatic carbocycles. The SMILES string of the molecule is C=C/C(=C\C=C(\C)CCCCC)OCC1(CNc2c(C=N)nc(C)[nH]c2=O)CC1. The van der Waals surface area contributed by atoms with Crippen LogP contribution in [0.3, 0.4) is 0 Å². The van der Waals surface area contributed by atoms with Crippen LogP contribution in [-0.2, 0) is 4.74 Å². The topological polar surface area (TPSA) is 90.9 Å². The van der Waals surface area contributed by atoms with Crippen molar-refractivity contribution >= 4 is 11.9 Å². The first-order valence-corrected chi connectivity index (χ1v) is 10.4. The van der Waals surface area contributed by atoms with E-state index in [1.54, 1.807) is 13.0 Å². The third kappa shape index (κ3) is 7.04. The summed E-state index contributed by atoms with van der Waals surface area (Å²) in [6.07, 6.45) is 13.8. The molecule has 1 aromatic heterocycles. The van der Waals surface area contributed by atoms with Crippen molar-refractivity contribution < 1.29 is 4.74 Å². The Kier molecular flexibility index (Phi) is 8.43. The average molecular weight is 399 g/mol. The molecule has 0 aliphatic heterocycles. The molecule has 158 valence electrons. The zero-order valence-corrected chi connectivity index (χ0v) is 17.9. The maximum atomic E-state index is 12.2. The van der Waals surface area contributed by atoms with E-state index in [4.69, 9.17) is 10.1 Å². The molecule has 0 bridgehead atoms. The Labute approximate surface area is 173 Å². The Bertz CT molecular complexity index is 832. The number of aryl methyl sites for hydroxylation is 1. The van der Waals surface area contributed by atoms with Crippen molar-refractivity contribution in [3.63, 3.8) is 0 Å². The normalized spacial score (nSPS) is 15.7. The maximum absolute atomic E-state index is 12.2. The minimum absolute atomic E-state index is 0.00138. The van der Waals surface area contributed by atoms with E-state index in [0.29, 0.717) is 30.4 Å². The highest BCUT2D eigenvalue weighted by Gasteiger charge is 2.43. The number of hydrogen-bond acceptors (Lipinski definition) is 5. The first kappa shape index (κ1) is 22.7. The second-order valence-electron chi connectivity index (χ2n) is 7.94. The smallest absolute Gasteiger partial charge is 0.274 e. The van der Waals surface area contributed by atoms with Gasteiger partial charge in [-0.05, 0) is 51.7 Å². The maximum Gasteiger partial charge on any atom is 0.274 e. The molecule has 6 nitrogen and oxygen atoms in total. The quantitative estimate of drug-likeness (QED) is 0.191. The number of ether oxygens (including phenoxy) is 1. The van der Waals surface area contributed by atoms with Crippen molar-refractivity contribution in [1.82, 2.24) is 9.97 Å². The summed E-state index contributed by atoms with van der Waals surface area (Å²) < 4.78 is 6.00. The second-order valence-corrected chi connectivity index (χ2v) is 7.94. The summed E-state index contributed by atoms with van der Waals surface area (Å²) in [6, 6.07) is 0. The van der Waals surface area contributed by atoms with Gasteiger partial charge in [0.2, 0.25) is 0 Å². The standard InChI is InChI=1S/C23H34N4O2/c1-5-7-8-9-17(3)10-11-19(6-2)29-16-23(12-13-23)15-25-21-20(14-24)26-18(4)27-22(21)28/h6,10-11,14,24-25H,2,5,7-9,12-13,15-16H2,1,3-4H3,(H,26,27,28)/b17-10-,19-11+,24-14?. The van der Waals surface area contributed by atoms with Crippen LogP contribution in [0.2, 0.25) is 0 Å². The first-order valence-electron chi connectivity index (χ1n) is 10.4. The highest BCUT2D eigenvalue weighted by atomic mass is 16.5. The van der Waals surface area contributed by atoms with Crippen LogP contribution in [0.1, 0.15) is 63.9 Å². The van der Waals surface area contributed by atoms with Gasteiger partial charge in [0.15, 0.2) is 0 Å². The van der Waals surface area contributed by atoms with Gasteiger partial charge >= 0.3 is 0 Å². The summed E-state index contributed by atoms with van der Waals surface area (Å²) in [5.74, 6) is 1.27. The molecule has 0 spiro atoms. The highest BCUT2D eigenvalue weighted by molar-refractivity contribution is 5.82. The van der Waals surface area contributed by atoms with Crippen LogP contribution in [0, 0.1) is 17.7 Å². The molecule has 0 amide bonds. The van der Waals surface area contributed by atoms with Gasteiger partial charge in [0.25, 0.3) is 5.56 Å². The Hall–Kier alpha value is -2.63. The number of hydrogen-bond donors (Lipinski definition) is 3. The van der Waals surface area contributed by atoms with Crippen LogP contribution in [0.4, 0.5) is 5.69 Å². The molecule has 0 unspecified atom stereocenters. The summed E-state index contributed by atoms with van der Waals surface area (Å²) in [7, 11) is 0. The van der Waals surface area contributed by atoms with Crippen molar-refractivity contribution in [2.45, 2.75) is 59.3 Å². The van der Waals surface area contributed by atoms with Crippen LogP contribution < -0.4 is 10.9 Å². The van der Waals surface area contributed by atoms with Gasteiger partial charge in [-0.15, -0.1) is 0 Å². The molecule has 29 heavy (non-hydrogen) atoms. The van der Waals surface area contributed by atoms with E-state index < -0.39 is 0 Å². The average Bonchev–Trinajstić information content (AvgIpc) is 3.47. The fourth-order valence-electron chi connectivity index (χ4n) is 3.08. The molecule has 6 heteroatoms. The predicted octanol–water partition coefficient (Wildman–Crippen LogP) is 4.88. The number of nitrogens with one attached hydrogen (secondary N) is 3. The minimum atomic E-state index is -0.247. The van der Waals surface area contributed by atoms with Crippen LogP contribution in [-0.4, -0.2) is 29.3 Å². The highest BCUT2D eigenvalue weighted by Crippen LogP contribution is 2.46. The lowest BCUT2D eigenvalue weighted by Crippen LogP contribution is -2.26. The molecule has 0 saturated heterocycles. The van der Waals surface area contributed by atoms with Gasteiger partial charge in [-0.2, -0.15) is 0 Å². The van der Waals surface area contributed by atoms with Crippen molar-refractivity contribution in [2.75, 3.05) is 18.5 Å². The number of anilines is 1. The largest absolute Gasteiger partial charge is 0.493 e. The van der Waals surface area contributed by atoms with Gasteiger partial charge in [-0.25, -0.2) is 4.98 Å². The lowest BCUT2D eigenvalue weighted by Gasteiger charge is -2.18. The molecule has 0 aromatic carbocycles. The van der Waals surface area contributed by atoms with Crippen molar-refractivity contribution in [3.8, 4) is 0 Å². The summed E-state index contributed by atoms with van der Waals surface area (Å²) in [5, 5.41) is 10.7. The number of unbranched alkanes of at least 4 members (excludes halogenated alkanes) is 2. The van der Waals surface area contributed by atoms with Crippen molar-refractivity contribution in [1.29, 1.82) is 5.41 Å². The van der Waals surface area contributed by atoms with E-state index in [0.717, 1.165) is 31.2 Å². The number of aromatic nitrogens is 2.